The van der Waals surface area contributed by atoms with Crippen molar-refractivity contribution in [2.75, 3.05) is 13.0 Å². The van der Waals surface area contributed by atoms with Crippen LogP contribution in [-0.2, 0) is 5.75 Å². The van der Waals surface area contributed by atoms with Gasteiger partial charge in [0.25, 0.3) is 5.89 Å². The van der Waals surface area contributed by atoms with Crippen molar-refractivity contribution in [1.82, 2.24) is 25.0 Å². The minimum Gasteiger partial charge on any atom is -0.497 e. The Morgan fingerprint density at radius 1 is 1.04 bits per heavy atom. The van der Waals surface area contributed by atoms with Gasteiger partial charge in [-0.15, -0.1) is 10.2 Å². The van der Waals surface area contributed by atoms with Gasteiger partial charge in [-0.2, -0.15) is 4.98 Å². The SMILES string of the molecule is COc1ccc(-c2nc(CSc3nnc(-c4ccc(C)cc4)n3N)no2)cc1. The summed E-state index contributed by atoms with van der Waals surface area (Å²) in [5, 5.41) is 12.9. The van der Waals surface area contributed by atoms with Crippen LogP contribution in [0.15, 0.2) is 58.2 Å². The van der Waals surface area contributed by atoms with Gasteiger partial charge in [0.2, 0.25) is 5.16 Å². The summed E-state index contributed by atoms with van der Waals surface area (Å²) in [5.41, 5.74) is 2.91. The molecule has 0 aliphatic rings. The summed E-state index contributed by atoms with van der Waals surface area (Å²) >= 11 is 1.39. The van der Waals surface area contributed by atoms with Crippen LogP contribution in [-0.4, -0.2) is 32.1 Å². The summed E-state index contributed by atoms with van der Waals surface area (Å²) in [4.78, 5) is 4.42. The van der Waals surface area contributed by atoms with Crippen LogP contribution in [0.25, 0.3) is 22.8 Å². The van der Waals surface area contributed by atoms with Crippen molar-refractivity contribution in [2.45, 2.75) is 17.8 Å². The summed E-state index contributed by atoms with van der Waals surface area (Å²) in [7, 11) is 1.62. The lowest BCUT2D eigenvalue weighted by atomic mass is 10.1. The normalized spacial score (nSPS) is 10.9. The Morgan fingerprint density at radius 3 is 2.46 bits per heavy atom. The van der Waals surface area contributed by atoms with Gasteiger partial charge < -0.3 is 15.1 Å². The molecule has 2 aromatic heterocycles. The van der Waals surface area contributed by atoms with Crippen molar-refractivity contribution >= 4 is 11.8 Å². The number of thioether (sulfide) groups is 1. The summed E-state index contributed by atoms with van der Waals surface area (Å²) in [6, 6.07) is 15.4. The highest BCUT2D eigenvalue weighted by Crippen LogP contribution is 2.25. The standard InChI is InChI=1S/C19H18N6O2S/c1-12-3-5-13(6-4-12)17-22-23-19(25(17)20)28-11-16-21-18(27-24-16)14-7-9-15(26-2)10-8-14/h3-10H,11,20H2,1-2H3. The average Bonchev–Trinajstić information content (AvgIpc) is 3.34. The maximum absolute atomic E-state index is 6.16. The Morgan fingerprint density at radius 2 is 1.75 bits per heavy atom. The fourth-order valence-corrected chi connectivity index (χ4v) is 3.27. The Kier molecular flexibility index (Phi) is 4.98. The third kappa shape index (κ3) is 3.70. The van der Waals surface area contributed by atoms with Crippen LogP contribution in [0.1, 0.15) is 11.4 Å². The van der Waals surface area contributed by atoms with Crippen LogP contribution in [0.3, 0.4) is 0 Å². The number of hydrogen-bond donors (Lipinski definition) is 1. The van der Waals surface area contributed by atoms with Crippen molar-refractivity contribution in [3.8, 4) is 28.6 Å². The molecule has 0 unspecified atom stereocenters. The number of aromatic nitrogens is 5. The minimum absolute atomic E-state index is 0.452. The molecule has 4 rings (SSSR count). The van der Waals surface area contributed by atoms with Gasteiger partial charge in [-0.3, -0.25) is 0 Å². The van der Waals surface area contributed by atoms with Gasteiger partial charge in [-0.1, -0.05) is 46.7 Å². The first-order chi connectivity index (χ1) is 13.6. The molecule has 0 saturated heterocycles. The van der Waals surface area contributed by atoms with Gasteiger partial charge in [-0.25, -0.2) is 4.68 Å². The Hall–Kier alpha value is -3.33. The van der Waals surface area contributed by atoms with Crippen molar-refractivity contribution in [3.63, 3.8) is 0 Å². The molecule has 2 N–H and O–H groups in total. The topological polar surface area (TPSA) is 105 Å². The third-order valence-electron chi connectivity index (χ3n) is 4.11. The minimum atomic E-state index is 0.452. The van der Waals surface area contributed by atoms with E-state index in [1.165, 1.54) is 22.0 Å². The highest BCUT2D eigenvalue weighted by atomic mass is 32.2. The first-order valence-corrected chi connectivity index (χ1v) is 9.50. The summed E-state index contributed by atoms with van der Waals surface area (Å²) in [6.45, 7) is 2.03. The molecular formula is C19H18N6O2S. The largest absolute Gasteiger partial charge is 0.497 e. The zero-order valence-corrected chi connectivity index (χ0v) is 16.2. The quantitative estimate of drug-likeness (QED) is 0.392. The Balaban J connectivity index is 1.45. The zero-order chi connectivity index (χ0) is 19.5. The first-order valence-electron chi connectivity index (χ1n) is 8.51. The van der Waals surface area contributed by atoms with Crippen LogP contribution < -0.4 is 10.6 Å². The van der Waals surface area contributed by atoms with E-state index in [1.807, 2.05) is 55.5 Å². The fourth-order valence-electron chi connectivity index (χ4n) is 2.57. The highest BCUT2D eigenvalue weighted by molar-refractivity contribution is 7.98. The highest BCUT2D eigenvalue weighted by Gasteiger charge is 2.14. The van der Waals surface area contributed by atoms with Gasteiger partial charge in [0.15, 0.2) is 11.6 Å². The van der Waals surface area contributed by atoms with Crippen molar-refractivity contribution < 1.29 is 9.26 Å². The second kappa shape index (κ2) is 7.73. The molecule has 2 heterocycles. The average molecular weight is 394 g/mol. The third-order valence-corrected chi connectivity index (χ3v) is 5.05. The molecule has 9 heteroatoms. The van der Waals surface area contributed by atoms with Crippen LogP contribution in [0.5, 0.6) is 5.75 Å². The van der Waals surface area contributed by atoms with Crippen LogP contribution in [0, 0.1) is 6.92 Å². The maximum atomic E-state index is 6.16. The number of nitrogens with zero attached hydrogens (tertiary/aromatic N) is 5. The van der Waals surface area contributed by atoms with Gasteiger partial charge >= 0.3 is 0 Å². The van der Waals surface area contributed by atoms with Crippen molar-refractivity contribution in [3.05, 3.63) is 59.9 Å². The second-order valence-corrected chi connectivity index (χ2v) is 7.02. The van der Waals surface area contributed by atoms with Gasteiger partial charge in [0.05, 0.1) is 12.9 Å². The number of methoxy groups -OCH3 is 1. The first kappa shape index (κ1) is 18.1. The lowest BCUT2D eigenvalue weighted by Gasteiger charge is -2.03. The van der Waals surface area contributed by atoms with E-state index in [4.69, 9.17) is 15.1 Å². The predicted molar refractivity (Wildman–Crippen MR) is 106 cm³/mol. The molecule has 0 saturated carbocycles. The molecule has 0 radical (unpaired) electrons. The molecule has 0 atom stereocenters. The van der Waals surface area contributed by atoms with E-state index in [9.17, 15) is 0 Å². The van der Waals surface area contributed by atoms with Crippen molar-refractivity contribution in [1.29, 1.82) is 0 Å². The lowest BCUT2D eigenvalue weighted by Crippen LogP contribution is -2.11. The van der Waals surface area contributed by atoms with Gasteiger partial charge in [0.1, 0.15) is 5.75 Å². The molecular weight excluding hydrogens is 376 g/mol. The Bertz CT molecular complexity index is 1070. The summed E-state index contributed by atoms with van der Waals surface area (Å²) in [6.07, 6.45) is 0. The molecule has 2 aromatic carbocycles. The number of aryl methyl sites for hydroxylation is 1. The number of ether oxygens (including phenoxy) is 1. The van der Waals surface area contributed by atoms with Crippen molar-refractivity contribution in [2.24, 2.45) is 0 Å². The van der Waals surface area contributed by atoms with E-state index in [1.54, 1.807) is 7.11 Å². The molecule has 0 aliphatic heterocycles. The maximum Gasteiger partial charge on any atom is 0.257 e. The number of hydrogen-bond acceptors (Lipinski definition) is 8. The van der Waals surface area contributed by atoms with E-state index in [2.05, 4.69) is 20.3 Å². The second-order valence-electron chi connectivity index (χ2n) is 6.08. The van der Waals surface area contributed by atoms with Crippen LogP contribution in [0.2, 0.25) is 0 Å². The van der Waals surface area contributed by atoms with E-state index in [0.717, 1.165) is 16.9 Å². The van der Waals surface area contributed by atoms with Crippen LogP contribution >= 0.6 is 11.8 Å². The predicted octanol–water partition coefficient (Wildman–Crippen LogP) is 3.32. The number of rotatable bonds is 6. The molecule has 4 aromatic rings. The molecule has 0 amide bonds. The summed E-state index contributed by atoms with van der Waals surface area (Å²) < 4.78 is 12.0. The van der Waals surface area contributed by atoms with Gasteiger partial charge in [-0.05, 0) is 31.2 Å². The molecule has 142 valence electrons. The molecule has 0 bridgehead atoms. The fraction of sp³-hybridized carbons (Fsp3) is 0.158. The Labute approximate surface area is 165 Å². The smallest absolute Gasteiger partial charge is 0.257 e. The number of benzene rings is 2. The number of nitrogens with two attached hydrogens (primary N) is 1. The van der Waals surface area contributed by atoms with E-state index in [0.29, 0.717) is 28.4 Å². The van der Waals surface area contributed by atoms with Gasteiger partial charge in [0, 0.05) is 11.1 Å². The molecule has 0 fully saturated rings. The molecule has 28 heavy (non-hydrogen) atoms. The number of nitrogen functional groups attached to an aromatic ring is 1. The van der Waals surface area contributed by atoms with E-state index < -0.39 is 0 Å². The van der Waals surface area contributed by atoms with E-state index >= 15 is 0 Å². The molecule has 8 nitrogen and oxygen atoms in total. The monoisotopic (exact) mass is 394 g/mol. The summed E-state index contributed by atoms with van der Waals surface area (Å²) in [5.74, 6) is 9.00. The van der Waals surface area contributed by atoms with E-state index in [-0.39, 0.29) is 0 Å². The van der Waals surface area contributed by atoms with Crippen LogP contribution in [0.4, 0.5) is 0 Å². The lowest BCUT2D eigenvalue weighted by molar-refractivity contribution is 0.414. The zero-order valence-electron chi connectivity index (χ0n) is 15.4. The molecule has 0 aliphatic carbocycles. The molecule has 0 spiro atoms.